The Morgan fingerprint density at radius 2 is 1.76 bits per heavy atom. The van der Waals surface area contributed by atoms with Gasteiger partial charge in [0.2, 0.25) is 5.78 Å². The van der Waals surface area contributed by atoms with Crippen LogP contribution in [-0.4, -0.2) is 29.0 Å². The van der Waals surface area contributed by atoms with Crippen LogP contribution in [0.1, 0.15) is 22.2 Å². The fraction of sp³-hybridized carbons (Fsp3) is 0.0909. The minimum atomic E-state index is -0.959. The Morgan fingerprint density at radius 1 is 1.03 bits per heavy atom. The molecule has 1 aliphatic rings. The van der Waals surface area contributed by atoms with Crippen molar-refractivity contribution in [2.75, 3.05) is 12.0 Å². The second-order valence-corrected chi connectivity index (χ2v) is 6.41. The number of ether oxygens (including phenoxy) is 1. The van der Waals surface area contributed by atoms with Gasteiger partial charge in [-0.2, -0.15) is 0 Å². The summed E-state index contributed by atoms with van der Waals surface area (Å²) in [6.45, 7) is 0. The number of benzene rings is 2. The van der Waals surface area contributed by atoms with Crippen molar-refractivity contribution >= 4 is 17.4 Å². The van der Waals surface area contributed by atoms with Gasteiger partial charge in [-0.15, -0.1) is 0 Å². The molecule has 0 bridgehead atoms. The van der Waals surface area contributed by atoms with Gasteiger partial charge in [-0.3, -0.25) is 14.5 Å². The van der Waals surface area contributed by atoms with Crippen molar-refractivity contribution < 1.29 is 29.0 Å². The summed E-state index contributed by atoms with van der Waals surface area (Å²) in [4.78, 5) is 27.2. The minimum Gasteiger partial charge on any atom is -0.506 e. The van der Waals surface area contributed by atoms with Crippen molar-refractivity contribution in [3.63, 3.8) is 0 Å². The molecule has 4 rings (SSSR count). The number of carbonyl (C=O) groups excluding carboxylic acids is 2. The Morgan fingerprint density at radius 3 is 2.38 bits per heavy atom. The Bertz CT molecular complexity index is 1100. The van der Waals surface area contributed by atoms with Gasteiger partial charge in [0.05, 0.1) is 30.7 Å². The highest BCUT2D eigenvalue weighted by Crippen LogP contribution is 2.44. The molecule has 0 radical (unpaired) electrons. The molecular formula is C22H17NO6. The summed E-state index contributed by atoms with van der Waals surface area (Å²) in [5.74, 6) is -1.65. The molecule has 1 aliphatic heterocycles. The Kier molecular flexibility index (Phi) is 4.56. The van der Waals surface area contributed by atoms with Crippen LogP contribution in [0, 0.1) is 0 Å². The molecule has 7 nitrogen and oxygen atoms in total. The third kappa shape index (κ3) is 3.02. The average Bonchev–Trinajstić information content (AvgIpc) is 3.36. The number of aliphatic hydroxyl groups is 1. The fourth-order valence-electron chi connectivity index (χ4n) is 3.40. The van der Waals surface area contributed by atoms with Gasteiger partial charge in [0.15, 0.2) is 11.5 Å². The lowest BCUT2D eigenvalue weighted by atomic mass is 9.94. The zero-order valence-electron chi connectivity index (χ0n) is 15.4. The molecule has 1 atom stereocenters. The monoisotopic (exact) mass is 391 g/mol. The number of nitrogens with zero attached hydrogens (tertiary/aromatic N) is 1. The number of amides is 1. The number of carbonyl (C=O) groups is 2. The maximum absolute atomic E-state index is 13.1. The van der Waals surface area contributed by atoms with Gasteiger partial charge in [0.1, 0.15) is 11.5 Å². The van der Waals surface area contributed by atoms with Crippen LogP contribution in [0.15, 0.2) is 82.7 Å². The summed E-state index contributed by atoms with van der Waals surface area (Å²) < 4.78 is 10.4. The number of furan rings is 1. The van der Waals surface area contributed by atoms with Gasteiger partial charge in [-0.25, -0.2) is 0 Å². The number of rotatable bonds is 5. The largest absolute Gasteiger partial charge is 0.506 e. The molecule has 1 unspecified atom stereocenters. The Balaban J connectivity index is 1.89. The first-order valence-corrected chi connectivity index (χ1v) is 8.79. The van der Waals surface area contributed by atoms with Gasteiger partial charge < -0.3 is 19.4 Å². The van der Waals surface area contributed by atoms with E-state index in [1.807, 2.05) is 0 Å². The molecule has 146 valence electrons. The van der Waals surface area contributed by atoms with Crippen LogP contribution in [0.4, 0.5) is 5.69 Å². The van der Waals surface area contributed by atoms with Gasteiger partial charge in [-0.1, -0.05) is 24.3 Å². The van der Waals surface area contributed by atoms with Crippen molar-refractivity contribution in [2.45, 2.75) is 6.04 Å². The molecule has 7 heteroatoms. The maximum atomic E-state index is 13.1. The summed E-state index contributed by atoms with van der Waals surface area (Å²) in [6.07, 6.45) is 1.34. The minimum absolute atomic E-state index is 0.00278. The number of hydrogen-bond acceptors (Lipinski definition) is 6. The van der Waals surface area contributed by atoms with E-state index in [-0.39, 0.29) is 22.8 Å². The first kappa shape index (κ1) is 18.4. The van der Waals surface area contributed by atoms with E-state index in [1.54, 1.807) is 42.5 Å². The number of methoxy groups -OCH3 is 1. The SMILES string of the molecule is COc1ccc(C2C(C(=O)c3ccco3)=C(O)C(=O)N2c2ccccc2O)cc1. The van der Waals surface area contributed by atoms with Crippen molar-refractivity contribution in [1.82, 2.24) is 0 Å². The third-order valence-corrected chi connectivity index (χ3v) is 4.77. The van der Waals surface area contributed by atoms with E-state index in [9.17, 15) is 19.8 Å². The quantitative estimate of drug-likeness (QED) is 0.642. The molecule has 0 saturated carbocycles. The number of phenols is 1. The Hall–Kier alpha value is -4.00. The highest BCUT2D eigenvalue weighted by molar-refractivity contribution is 6.20. The topological polar surface area (TPSA) is 100 Å². The molecular weight excluding hydrogens is 374 g/mol. The van der Waals surface area contributed by atoms with Gasteiger partial charge >= 0.3 is 0 Å². The summed E-state index contributed by atoms with van der Waals surface area (Å²) in [7, 11) is 1.53. The number of ketones is 1. The number of aliphatic hydroxyl groups excluding tert-OH is 1. The summed E-state index contributed by atoms with van der Waals surface area (Å²) in [6, 6.07) is 15.0. The summed E-state index contributed by atoms with van der Waals surface area (Å²) in [5.41, 5.74) is 0.604. The van der Waals surface area contributed by atoms with Crippen molar-refractivity contribution in [3.05, 3.63) is 89.6 Å². The van der Waals surface area contributed by atoms with E-state index >= 15 is 0 Å². The molecule has 3 aromatic rings. The van der Waals surface area contributed by atoms with E-state index in [1.165, 1.54) is 36.5 Å². The zero-order chi connectivity index (χ0) is 20.5. The molecule has 0 saturated heterocycles. The number of Topliss-reactive ketones (excluding diaryl/α,β-unsaturated/α-hetero) is 1. The lowest BCUT2D eigenvalue weighted by Crippen LogP contribution is -2.31. The van der Waals surface area contributed by atoms with Crippen LogP contribution in [0.3, 0.4) is 0 Å². The van der Waals surface area contributed by atoms with Crippen molar-refractivity contribution in [2.24, 2.45) is 0 Å². The smallest absolute Gasteiger partial charge is 0.294 e. The predicted octanol–water partition coefficient (Wildman–Crippen LogP) is 3.78. The van der Waals surface area contributed by atoms with Crippen LogP contribution >= 0.6 is 0 Å². The first-order chi connectivity index (χ1) is 14.0. The van der Waals surface area contributed by atoms with Gasteiger partial charge in [-0.05, 0) is 42.0 Å². The molecule has 29 heavy (non-hydrogen) atoms. The molecule has 2 aromatic carbocycles. The van der Waals surface area contributed by atoms with Crippen LogP contribution < -0.4 is 9.64 Å². The fourth-order valence-corrected chi connectivity index (χ4v) is 3.40. The molecule has 0 fully saturated rings. The third-order valence-electron chi connectivity index (χ3n) is 4.77. The number of para-hydroxylation sites is 2. The van der Waals surface area contributed by atoms with E-state index < -0.39 is 23.5 Å². The van der Waals surface area contributed by atoms with Gasteiger partial charge in [0.25, 0.3) is 5.91 Å². The van der Waals surface area contributed by atoms with E-state index in [2.05, 4.69) is 0 Å². The molecule has 2 N–H and O–H groups in total. The van der Waals surface area contributed by atoms with Crippen LogP contribution in [0.2, 0.25) is 0 Å². The number of aromatic hydroxyl groups is 1. The lowest BCUT2D eigenvalue weighted by Gasteiger charge is -2.27. The van der Waals surface area contributed by atoms with Crippen LogP contribution in [-0.2, 0) is 4.79 Å². The molecule has 0 spiro atoms. The van der Waals surface area contributed by atoms with Crippen molar-refractivity contribution in [1.29, 1.82) is 0 Å². The predicted molar refractivity (Wildman–Crippen MR) is 104 cm³/mol. The second-order valence-electron chi connectivity index (χ2n) is 6.41. The molecule has 2 heterocycles. The van der Waals surface area contributed by atoms with Crippen LogP contribution in [0.25, 0.3) is 0 Å². The summed E-state index contributed by atoms with van der Waals surface area (Å²) in [5, 5.41) is 20.9. The second kappa shape index (κ2) is 7.20. The highest BCUT2D eigenvalue weighted by Gasteiger charge is 2.45. The maximum Gasteiger partial charge on any atom is 0.294 e. The van der Waals surface area contributed by atoms with E-state index in [4.69, 9.17) is 9.15 Å². The zero-order valence-corrected chi connectivity index (χ0v) is 15.4. The standard InChI is InChI=1S/C22H17NO6/c1-28-14-10-8-13(9-11-14)19-18(20(25)17-7-4-12-29-17)21(26)22(27)23(19)15-5-2-3-6-16(15)24/h2-12,19,24,26H,1H3. The molecule has 1 amide bonds. The lowest BCUT2D eigenvalue weighted by molar-refractivity contribution is -0.117. The van der Waals surface area contributed by atoms with Crippen molar-refractivity contribution in [3.8, 4) is 11.5 Å². The Labute approximate surface area is 166 Å². The normalized spacial score (nSPS) is 16.4. The molecule has 1 aromatic heterocycles. The van der Waals surface area contributed by atoms with E-state index in [0.717, 1.165) is 0 Å². The highest BCUT2D eigenvalue weighted by atomic mass is 16.5. The number of anilines is 1. The van der Waals surface area contributed by atoms with Gasteiger partial charge in [0, 0.05) is 0 Å². The number of hydrogen-bond donors (Lipinski definition) is 2. The first-order valence-electron chi connectivity index (χ1n) is 8.79. The van der Waals surface area contributed by atoms with Crippen LogP contribution in [0.5, 0.6) is 11.5 Å². The molecule has 0 aliphatic carbocycles. The summed E-state index contributed by atoms with van der Waals surface area (Å²) >= 11 is 0. The van der Waals surface area contributed by atoms with E-state index in [0.29, 0.717) is 11.3 Å². The number of phenolic OH excluding ortho intramolecular Hbond substituents is 1. The average molecular weight is 391 g/mol.